The molecule has 5 rings (SSSR count). The molecule has 0 spiro atoms. The minimum absolute atomic E-state index is 0.162. The third-order valence-corrected chi connectivity index (χ3v) is 7.03. The molecule has 3 aromatic rings. The number of nitrogens with zero attached hydrogens (tertiary/aromatic N) is 4. The number of anilines is 1. The SMILES string of the molecule is Nc1ncnc2c1ncn2[C@@H]1O[C@H](CNS(=O)(=O)NC2(c3ccccc3)COC2)[C@@H](O)[C@H]1O. The van der Waals surface area contributed by atoms with Crippen LogP contribution in [0.5, 0.6) is 0 Å². The molecule has 6 N–H and O–H groups in total. The number of aromatic nitrogens is 4. The molecule has 176 valence electrons. The predicted octanol–water partition coefficient (Wildman–Crippen LogP) is -1.62. The van der Waals surface area contributed by atoms with E-state index in [-0.39, 0.29) is 25.6 Å². The van der Waals surface area contributed by atoms with Crippen molar-refractivity contribution >= 4 is 27.2 Å². The van der Waals surface area contributed by atoms with Gasteiger partial charge in [-0.2, -0.15) is 17.9 Å². The smallest absolute Gasteiger partial charge is 0.277 e. The average molecular weight is 478 g/mol. The van der Waals surface area contributed by atoms with Crippen LogP contribution in [0, 0.1) is 0 Å². The van der Waals surface area contributed by atoms with Gasteiger partial charge in [0, 0.05) is 6.54 Å². The van der Waals surface area contributed by atoms with Gasteiger partial charge in [-0.25, -0.2) is 15.0 Å². The molecule has 14 heteroatoms. The summed E-state index contributed by atoms with van der Waals surface area (Å²) in [6.45, 7) is 0.111. The van der Waals surface area contributed by atoms with Gasteiger partial charge in [0.15, 0.2) is 17.7 Å². The predicted molar refractivity (Wildman–Crippen MR) is 115 cm³/mol. The molecule has 2 aliphatic heterocycles. The van der Waals surface area contributed by atoms with Crippen molar-refractivity contribution in [2.24, 2.45) is 0 Å². The van der Waals surface area contributed by atoms with Crippen LogP contribution < -0.4 is 15.2 Å². The maximum absolute atomic E-state index is 12.8. The highest BCUT2D eigenvalue weighted by Crippen LogP contribution is 2.32. The topological polar surface area (TPSA) is 187 Å². The summed E-state index contributed by atoms with van der Waals surface area (Å²) in [5.41, 5.74) is 6.33. The Morgan fingerprint density at radius 2 is 1.91 bits per heavy atom. The van der Waals surface area contributed by atoms with Crippen molar-refractivity contribution in [2.45, 2.75) is 30.1 Å². The number of ether oxygens (including phenoxy) is 2. The highest BCUT2D eigenvalue weighted by atomic mass is 32.2. The van der Waals surface area contributed by atoms with E-state index in [2.05, 4.69) is 24.4 Å². The normalized spacial score (nSPS) is 27.0. The molecular weight excluding hydrogens is 454 g/mol. The van der Waals surface area contributed by atoms with Gasteiger partial charge in [0.05, 0.1) is 19.5 Å². The Morgan fingerprint density at radius 1 is 1.15 bits per heavy atom. The van der Waals surface area contributed by atoms with E-state index in [0.717, 1.165) is 5.56 Å². The van der Waals surface area contributed by atoms with Crippen LogP contribution >= 0.6 is 0 Å². The molecule has 0 radical (unpaired) electrons. The maximum Gasteiger partial charge on any atom is 0.277 e. The lowest BCUT2D eigenvalue weighted by Crippen LogP contribution is -2.61. The third kappa shape index (κ3) is 3.95. The minimum atomic E-state index is -4.00. The number of fused-ring (bicyclic) bond motifs is 1. The van der Waals surface area contributed by atoms with Gasteiger partial charge in [-0.1, -0.05) is 30.3 Å². The van der Waals surface area contributed by atoms with Crippen molar-refractivity contribution in [1.29, 1.82) is 0 Å². The van der Waals surface area contributed by atoms with E-state index >= 15 is 0 Å². The Balaban J connectivity index is 1.28. The number of nitrogen functional groups attached to an aromatic ring is 1. The Kier molecular flexibility index (Phi) is 5.52. The van der Waals surface area contributed by atoms with E-state index in [1.54, 1.807) is 0 Å². The minimum Gasteiger partial charge on any atom is -0.387 e. The van der Waals surface area contributed by atoms with Crippen LogP contribution in [0.4, 0.5) is 5.82 Å². The summed E-state index contributed by atoms with van der Waals surface area (Å²) in [4.78, 5) is 12.1. The maximum atomic E-state index is 12.8. The first-order valence-electron chi connectivity index (χ1n) is 10.2. The summed E-state index contributed by atoms with van der Waals surface area (Å²) in [6, 6.07) is 9.12. The van der Waals surface area contributed by atoms with Crippen LogP contribution in [-0.4, -0.2) is 76.2 Å². The number of hydrogen-bond acceptors (Lipinski definition) is 10. The standard InChI is InChI=1S/C19H23N7O6S/c20-16-13-17(22-9-21-16)26(10-23-13)18-15(28)14(27)12(32-18)6-24-33(29,30)25-19(7-31-8-19)11-4-2-1-3-5-11/h1-5,9-10,12,14-15,18,24-25,27-28H,6-8H2,(H2,20,21,22)/t12-,14-,15-,18-/m1/s1. The van der Waals surface area contributed by atoms with Crippen LogP contribution in [0.1, 0.15) is 11.8 Å². The zero-order valence-electron chi connectivity index (χ0n) is 17.3. The number of aliphatic hydroxyl groups is 2. The van der Waals surface area contributed by atoms with Gasteiger partial charge in [0.25, 0.3) is 10.2 Å². The Hall–Kier alpha value is -2.72. The zero-order chi connectivity index (χ0) is 23.2. The molecule has 0 bridgehead atoms. The number of imidazole rings is 1. The summed E-state index contributed by atoms with van der Waals surface area (Å²) in [5, 5.41) is 21.0. The molecule has 0 amide bonds. The average Bonchev–Trinajstić information content (AvgIpc) is 3.32. The summed E-state index contributed by atoms with van der Waals surface area (Å²) in [5.74, 6) is 0.162. The molecule has 2 fully saturated rings. The third-order valence-electron chi connectivity index (χ3n) is 5.83. The van der Waals surface area contributed by atoms with Gasteiger partial charge in [0.2, 0.25) is 0 Å². The zero-order valence-corrected chi connectivity index (χ0v) is 18.1. The molecule has 0 aliphatic carbocycles. The fourth-order valence-electron chi connectivity index (χ4n) is 4.02. The lowest BCUT2D eigenvalue weighted by molar-refractivity contribution is -0.0667. The van der Waals surface area contributed by atoms with Crippen LogP contribution in [0.15, 0.2) is 43.0 Å². The largest absolute Gasteiger partial charge is 0.387 e. The molecule has 2 aliphatic rings. The van der Waals surface area contributed by atoms with Gasteiger partial charge >= 0.3 is 0 Å². The Bertz CT molecular complexity index is 1250. The van der Waals surface area contributed by atoms with Crippen LogP contribution in [0.25, 0.3) is 11.2 Å². The van der Waals surface area contributed by atoms with Gasteiger partial charge < -0.3 is 25.4 Å². The molecule has 13 nitrogen and oxygen atoms in total. The quantitative estimate of drug-likeness (QED) is 0.265. The van der Waals surface area contributed by atoms with E-state index in [0.29, 0.717) is 11.2 Å². The van der Waals surface area contributed by atoms with Crippen molar-refractivity contribution < 1.29 is 28.1 Å². The first kappa shape index (κ1) is 22.1. The molecule has 4 heterocycles. The second-order valence-corrected chi connectivity index (χ2v) is 9.52. The van der Waals surface area contributed by atoms with Crippen LogP contribution in [0.2, 0.25) is 0 Å². The molecular formula is C19H23N7O6S. The Morgan fingerprint density at radius 3 is 2.61 bits per heavy atom. The van der Waals surface area contributed by atoms with Gasteiger partial charge in [0.1, 0.15) is 35.7 Å². The lowest BCUT2D eigenvalue weighted by atomic mass is 9.89. The Labute approximate surface area is 188 Å². The summed E-state index contributed by atoms with van der Waals surface area (Å²) >= 11 is 0. The highest BCUT2D eigenvalue weighted by molar-refractivity contribution is 7.87. The molecule has 0 unspecified atom stereocenters. The summed E-state index contributed by atoms with van der Waals surface area (Å²) in [7, 11) is -4.00. The van der Waals surface area contributed by atoms with Crippen molar-refractivity contribution in [3.63, 3.8) is 0 Å². The van der Waals surface area contributed by atoms with Crippen molar-refractivity contribution in [1.82, 2.24) is 29.0 Å². The molecule has 2 saturated heterocycles. The van der Waals surface area contributed by atoms with Crippen molar-refractivity contribution in [3.05, 3.63) is 48.5 Å². The molecule has 4 atom stereocenters. The van der Waals surface area contributed by atoms with Crippen molar-refractivity contribution in [3.8, 4) is 0 Å². The monoisotopic (exact) mass is 477 g/mol. The van der Waals surface area contributed by atoms with E-state index in [9.17, 15) is 18.6 Å². The van der Waals surface area contributed by atoms with Crippen LogP contribution in [-0.2, 0) is 25.2 Å². The number of nitrogens with one attached hydrogen (secondary N) is 2. The van der Waals surface area contributed by atoms with Gasteiger partial charge in [-0.05, 0) is 5.56 Å². The van der Waals surface area contributed by atoms with E-state index in [4.69, 9.17) is 15.2 Å². The number of aliphatic hydroxyl groups excluding tert-OH is 2. The fourth-order valence-corrected chi connectivity index (χ4v) is 5.22. The molecule has 1 aromatic carbocycles. The first-order valence-corrected chi connectivity index (χ1v) is 11.6. The van der Waals surface area contributed by atoms with Gasteiger partial charge in [-0.3, -0.25) is 4.57 Å². The highest BCUT2D eigenvalue weighted by Gasteiger charge is 2.46. The molecule has 2 aromatic heterocycles. The summed E-state index contributed by atoms with van der Waals surface area (Å²) in [6.07, 6.45) is -2.16. The summed E-state index contributed by atoms with van der Waals surface area (Å²) < 4.78 is 43.0. The number of nitrogens with two attached hydrogens (primary N) is 1. The first-order chi connectivity index (χ1) is 15.8. The number of rotatable bonds is 7. The lowest BCUT2D eigenvalue weighted by Gasteiger charge is -2.42. The van der Waals surface area contributed by atoms with E-state index < -0.39 is 40.3 Å². The fraction of sp³-hybridized carbons (Fsp3) is 0.421. The van der Waals surface area contributed by atoms with Crippen LogP contribution in [0.3, 0.4) is 0 Å². The van der Waals surface area contributed by atoms with E-state index in [1.807, 2.05) is 30.3 Å². The second kappa shape index (κ2) is 8.25. The molecule has 33 heavy (non-hydrogen) atoms. The molecule has 0 saturated carbocycles. The number of hydrogen-bond donors (Lipinski definition) is 5. The van der Waals surface area contributed by atoms with Crippen molar-refractivity contribution in [2.75, 3.05) is 25.5 Å². The second-order valence-electron chi connectivity index (χ2n) is 8.02. The van der Waals surface area contributed by atoms with Gasteiger partial charge in [-0.15, -0.1) is 0 Å². The number of benzene rings is 1. The van der Waals surface area contributed by atoms with E-state index in [1.165, 1.54) is 17.2 Å².